The van der Waals surface area contributed by atoms with Crippen molar-refractivity contribution in [2.45, 2.75) is 19.4 Å². The molecule has 0 spiro atoms. The summed E-state index contributed by atoms with van der Waals surface area (Å²) in [7, 11) is -4.26. The lowest BCUT2D eigenvalue weighted by Gasteiger charge is -2.18. The molecule has 8 rings (SSSR count). The summed E-state index contributed by atoms with van der Waals surface area (Å²) >= 11 is 0. The van der Waals surface area contributed by atoms with Gasteiger partial charge in [0, 0.05) is 65.7 Å². The molecule has 1 aliphatic heterocycles. The zero-order valence-corrected chi connectivity index (χ0v) is 30.6. The fraction of sp³-hybridized carbons (Fsp3) is 0.205. The van der Waals surface area contributed by atoms with Crippen molar-refractivity contribution in [3.8, 4) is 5.75 Å². The molecule has 7 aromatic rings. The SMILES string of the molecule is Cn1c2ccccc2c2cc3c(cc21)N(CCCS(=O)(=O)O)\C(=C/C=C/C=C/c1oc2cc4c5ccccc5n(C)c4cc2[n+]1CCCS(=O)(=O)O)O3. The number of aryl methyl sites for hydroxylation is 3. The van der Waals surface area contributed by atoms with Gasteiger partial charge in [-0.05, 0) is 42.8 Å². The number of aromatic nitrogens is 3. The van der Waals surface area contributed by atoms with Gasteiger partial charge in [-0.3, -0.25) is 9.11 Å². The summed E-state index contributed by atoms with van der Waals surface area (Å²) in [5, 5.41) is 4.27. The Bertz CT molecular complexity index is 2920. The molecule has 0 fully saturated rings. The van der Waals surface area contributed by atoms with Crippen LogP contribution in [0.1, 0.15) is 18.7 Å². The molecule has 0 aliphatic carbocycles. The first-order valence-electron chi connectivity index (χ1n) is 17.1. The van der Waals surface area contributed by atoms with Crippen LogP contribution in [0.25, 0.3) is 60.8 Å². The van der Waals surface area contributed by atoms with Gasteiger partial charge in [-0.2, -0.15) is 21.4 Å². The van der Waals surface area contributed by atoms with Crippen molar-refractivity contribution in [3.05, 3.63) is 109 Å². The molecule has 0 radical (unpaired) electrons. The number of oxazole rings is 1. The number of rotatable bonds is 11. The largest absolute Gasteiger partial charge is 0.439 e. The second-order valence-corrected chi connectivity index (χ2v) is 16.3. The van der Waals surface area contributed by atoms with E-state index in [0.29, 0.717) is 36.2 Å². The van der Waals surface area contributed by atoms with E-state index in [0.717, 1.165) is 54.8 Å². The Hall–Kier alpha value is -5.41. The molecule has 1 aliphatic rings. The van der Waals surface area contributed by atoms with Crippen LogP contribution in [0.15, 0.2) is 107 Å². The van der Waals surface area contributed by atoms with Crippen molar-refractivity contribution in [1.29, 1.82) is 0 Å². The van der Waals surface area contributed by atoms with E-state index in [1.807, 2.05) is 72.1 Å². The molecule has 53 heavy (non-hydrogen) atoms. The van der Waals surface area contributed by atoms with Crippen LogP contribution in [0.3, 0.4) is 0 Å². The van der Waals surface area contributed by atoms with Crippen LogP contribution < -0.4 is 14.2 Å². The number of anilines is 1. The van der Waals surface area contributed by atoms with E-state index >= 15 is 0 Å². The maximum absolute atomic E-state index is 11.5. The van der Waals surface area contributed by atoms with Crippen molar-refractivity contribution in [3.63, 3.8) is 0 Å². The summed E-state index contributed by atoms with van der Waals surface area (Å²) in [4.78, 5) is 1.91. The van der Waals surface area contributed by atoms with E-state index in [-0.39, 0.29) is 24.3 Å². The third-order valence-corrected chi connectivity index (χ3v) is 11.4. The summed E-state index contributed by atoms with van der Waals surface area (Å²) in [5.41, 5.74) is 6.41. The van der Waals surface area contributed by atoms with Gasteiger partial charge in [-0.25, -0.2) is 0 Å². The third-order valence-electron chi connectivity index (χ3n) is 9.80. The van der Waals surface area contributed by atoms with Gasteiger partial charge in [0.15, 0.2) is 12.3 Å². The second kappa shape index (κ2) is 13.2. The predicted octanol–water partition coefficient (Wildman–Crippen LogP) is 6.88. The van der Waals surface area contributed by atoms with Crippen molar-refractivity contribution in [2.24, 2.45) is 14.1 Å². The maximum atomic E-state index is 11.5. The molecule has 0 amide bonds. The van der Waals surface area contributed by atoms with E-state index in [4.69, 9.17) is 9.15 Å². The first-order valence-corrected chi connectivity index (χ1v) is 20.3. The summed E-state index contributed by atoms with van der Waals surface area (Å²) < 4.78 is 83.7. The van der Waals surface area contributed by atoms with Crippen molar-refractivity contribution >= 4 is 86.7 Å². The molecule has 3 aromatic heterocycles. The quantitative estimate of drug-likeness (QED) is 0.0820. The Kier molecular flexibility index (Phi) is 8.65. The summed E-state index contributed by atoms with van der Waals surface area (Å²) in [6.45, 7) is 0.591. The van der Waals surface area contributed by atoms with Gasteiger partial charge < -0.3 is 23.2 Å². The minimum Gasteiger partial charge on any atom is -0.439 e. The number of nitrogens with zero attached hydrogens (tertiary/aromatic N) is 4. The predicted molar refractivity (Wildman–Crippen MR) is 207 cm³/mol. The minimum atomic E-state index is -4.14. The molecule has 0 saturated carbocycles. The number of para-hydroxylation sites is 2. The van der Waals surface area contributed by atoms with Gasteiger partial charge in [0.2, 0.25) is 11.5 Å². The van der Waals surface area contributed by atoms with Crippen LogP contribution >= 0.6 is 0 Å². The zero-order valence-electron chi connectivity index (χ0n) is 29.0. The average molecular weight is 754 g/mol. The highest BCUT2D eigenvalue weighted by Crippen LogP contribution is 2.44. The van der Waals surface area contributed by atoms with E-state index in [1.165, 1.54) is 0 Å². The van der Waals surface area contributed by atoms with Crippen molar-refractivity contribution in [1.82, 2.24) is 9.13 Å². The van der Waals surface area contributed by atoms with Crippen LogP contribution in [0.4, 0.5) is 5.69 Å². The minimum absolute atomic E-state index is 0.185. The summed E-state index contributed by atoms with van der Waals surface area (Å²) in [6.07, 6.45) is 9.35. The van der Waals surface area contributed by atoms with Gasteiger partial charge in [0.05, 0.1) is 34.3 Å². The molecular formula is C39H37N4O8S2+. The maximum Gasteiger partial charge on any atom is 0.374 e. The molecule has 12 nitrogen and oxygen atoms in total. The van der Waals surface area contributed by atoms with Gasteiger partial charge in [-0.1, -0.05) is 54.6 Å². The monoisotopic (exact) mass is 753 g/mol. The Balaban J connectivity index is 1.11. The molecule has 0 saturated heterocycles. The van der Waals surface area contributed by atoms with Crippen LogP contribution in [-0.2, 0) is 40.9 Å². The summed E-state index contributed by atoms with van der Waals surface area (Å²) in [5.74, 6) is 0.887. The number of ether oxygens (including phenoxy) is 1. The Morgan fingerprint density at radius 3 is 2.02 bits per heavy atom. The highest BCUT2D eigenvalue weighted by atomic mass is 32.2. The smallest absolute Gasteiger partial charge is 0.374 e. The number of hydrogen-bond acceptors (Lipinski definition) is 7. The van der Waals surface area contributed by atoms with E-state index in [1.54, 1.807) is 30.4 Å². The molecule has 0 unspecified atom stereocenters. The fourth-order valence-corrected chi connectivity index (χ4v) is 8.35. The highest BCUT2D eigenvalue weighted by molar-refractivity contribution is 7.86. The van der Waals surface area contributed by atoms with Crippen molar-refractivity contribution in [2.75, 3.05) is 23.0 Å². The summed E-state index contributed by atoms with van der Waals surface area (Å²) in [6, 6.07) is 24.3. The van der Waals surface area contributed by atoms with Gasteiger partial charge in [-0.15, -0.1) is 0 Å². The Morgan fingerprint density at radius 2 is 1.34 bits per heavy atom. The molecule has 14 heteroatoms. The van der Waals surface area contributed by atoms with Gasteiger partial charge in [0.1, 0.15) is 0 Å². The van der Waals surface area contributed by atoms with Crippen molar-refractivity contribution < 1.29 is 39.7 Å². The third kappa shape index (κ3) is 6.59. The molecule has 0 bridgehead atoms. The topological polar surface area (TPSA) is 148 Å². The Morgan fingerprint density at radius 1 is 0.717 bits per heavy atom. The van der Waals surface area contributed by atoms with Gasteiger partial charge >= 0.3 is 5.89 Å². The number of fused-ring (bicyclic) bond motifs is 8. The molecule has 0 atom stereocenters. The number of benzene rings is 4. The molecular weight excluding hydrogens is 717 g/mol. The number of allylic oxidation sites excluding steroid dienone is 4. The Labute approximate surface area is 305 Å². The lowest BCUT2D eigenvalue weighted by Crippen LogP contribution is -2.36. The second-order valence-electron chi connectivity index (χ2n) is 13.2. The highest BCUT2D eigenvalue weighted by Gasteiger charge is 2.28. The first kappa shape index (κ1) is 34.7. The van der Waals surface area contributed by atoms with Crippen LogP contribution in [0.2, 0.25) is 0 Å². The fourth-order valence-electron chi connectivity index (χ4n) is 7.37. The molecule has 4 heterocycles. The van der Waals surface area contributed by atoms with E-state index in [2.05, 4.69) is 33.4 Å². The van der Waals surface area contributed by atoms with Gasteiger partial charge in [0.25, 0.3) is 25.8 Å². The standard InChI is InChI=1S/C39H36N4O8S2/c1-40-30-14-8-6-12-26(30)28-22-36-34(24-32(28)40)42(18-10-20-52(44,45)46)38(50-36)16-4-3-5-17-39-43(19-11-21-53(47,48)49)35-25-33-29(23-37(35)51-39)27-13-7-9-15-31(27)41(33)2/h3-9,12-17,22-25H,10-11,18-21H2,1-2H3,(H-,44,45,46,47,48,49)/p+1. The molecule has 272 valence electrons. The lowest BCUT2D eigenvalue weighted by atomic mass is 10.1. The first-order chi connectivity index (χ1) is 25.4. The lowest BCUT2D eigenvalue weighted by molar-refractivity contribution is -0.677. The molecule has 4 aromatic carbocycles. The van der Waals surface area contributed by atoms with E-state index < -0.39 is 20.2 Å². The van der Waals surface area contributed by atoms with Crippen LogP contribution in [0, 0.1) is 0 Å². The van der Waals surface area contributed by atoms with Crippen LogP contribution in [-0.4, -0.2) is 53.1 Å². The number of hydrogen-bond donors (Lipinski definition) is 2. The van der Waals surface area contributed by atoms with Crippen LogP contribution in [0.5, 0.6) is 5.75 Å². The zero-order chi connectivity index (χ0) is 37.1. The van der Waals surface area contributed by atoms with E-state index in [9.17, 15) is 25.9 Å². The normalized spacial score (nSPS) is 14.8. The molecule has 2 N–H and O–H groups in total. The average Bonchev–Trinajstić information content (AvgIpc) is 3.80.